The molecule has 6 aliphatic rings. The molecule has 0 aromatic heterocycles. The Labute approximate surface area is 861 Å². The minimum atomic E-state index is -0.187. The third-order valence-electron chi connectivity index (χ3n) is 32.1. The number of benzene rings is 16. The summed E-state index contributed by atoms with van der Waals surface area (Å²) in [4.78, 5) is 15.9. The number of para-hydroxylation sites is 3. The molecule has 6 aliphatic heterocycles. The standard InChI is InChI=1S/C135H141B3N6/c1-82-70-115-121-118(73-82)142(100-61-46-91(47-62-100)130(13,14)15)124-103(34-31-37-106(124)136(121)109-79-94(133(22,23)24)52-67-112(109)139(115)97-55-40-88(41-56-97)127(4,5)6)85-76-86(104-35-32-38-107-125(104)143(101-63-48-92(49-64-101)131(16,17)18)119-74-83(2)71-116-122(119)137(107)110-80-95(134(25,26)27)53-68-113(110)140(116)98-57-42-89(43-58-98)128(7,8)9)78-87(77-85)105-36-33-39-108-126(105)144(102-65-50-93(51-66-102)132(19,20)21)120-75-84(3)72-117-123(120)138(108)111-81-96(135(28,29)30)54-69-114(111)141(117)99-59-44-90(45-60-99)129(10,11)12/h31-81H,1-30H3. The van der Waals surface area contributed by atoms with Crippen LogP contribution in [0.4, 0.5) is 102 Å². The van der Waals surface area contributed by atoms with Crippen LogP contribution in [0.5, 0.6) is 0 Å². The summed E-state index contributed by atoms with van der Waals surface area (Å²) in [6, 6.07) is 125. The van der Waals surface area contributed by atoms with Crippen LogP contribution in [0.3, 0.4) is 0 Å². The SMILES string of the molecule is Cc1cc2c3c(c1)N(c1ccc(C(C)(C)C)cc1)c1c(cccc1-c1cc(-c4cccc5c4N(c4ccc(C(C)(C)C)cc4)c4cc(C)cc6c4B5c4cc(C(C)(C)C)ccc4N6c4ccc(C(C)(C)C)cc4)cc(-c4cccc5c4N(c4ccc(C(C)(C)C)cc4)c4cc(C)cc6c4B5c4cc(C(C)(C)C)ccc4N6c4ccc(C(C)(C)C)cc4)c1)B3c1cc(C(C)(C)C)ccc1N2c1ccc(C(C)(C)C)cc1. The number of hydrogen-bond acceptors (Lipinski definition) is 6. The number of fused-ring (bicyclic) bond motifs is 12. The highest BCUT2D eigenvalue weighted by molar-refractivity contribution is 7.02. The fourth-order valence-electron chi connectivity index (χ4n) is 24.1. The molecule has 0 unspecified atom stereocenters. The van der Waals surface area contributed by atoms with E-state index in [2.05, 4.69) is 546 Å². The molecule has 0 spiro atoms. The Hall–Kier alpha value is -13.5. The molecule has 6 nitrogen and oxygen atoms in total. The molecule has 144 heavy (non-hydrogen) atoms. The Kier molecular flexibility index (Phi) is 22.0. The van der Waals surface area contributed by atoms with Gasteiger partial charge in [0, 0.05) is 119 Å². The Morgan fingerprint density at radius 1 is 0.160 bits per heavy atom. The fraction of sp³-hybridized carbons (Fsp3) is 0.289. The summed E-state index contributed by atoms with van der Waals surface area (Å²) in [6.45, 7) is 69.8. The molecule has 0 atom stereocenters. The zero-order valence-corrected chi connectivity index (χ0v) is 90.9. The summed E-state index contributed by atoms with van der Waals surface area (Å²) in [5.41, 5.74) is 53.7. The summed E-state index contributed by atoms with van der Waals surface area (Å²) in [5, 5.41) is 0. The van der Waals surface area contributed by atoms with Crippen LogP contribution in [0.15, 0.2) is 309 Å². The van der Waals surface area contributed by atoms with Gasteiger partial charge in [-0.2, -0.15) is 0 Å². The Morgan fingerprint density at radius 3 is 0.521 bits per heavy atom. The van der Waals surface area contributed by atoms with Crippen molar-refractivity contribution in [3.05, 3.63) is 376 Å². The molecule has 0 N–H and O–H groups in total. The predicted molar refractivity (Wildman–Crippen MR) is 627 cm³/mol. The van der Waals surface area contributed by atoms with E-state index >= 15 is 0 Å². The quantitative estimate of drug-likeness (QED) is 0.133. The van der Waals surface area contributed by atoms with E-state index in [9.17, 15) is 0 Å². The molecular formula is C135H141B3N6. The first-order valence-corrected chi connectivity index (χ1v) is 52.7. The highest BCUT2D eigenvalue weighted by Gasteiger charge is 2.51. The lowest BCUT2D eigenvalue weighted by molar-refractivity contribution is 0.590. The first kappa shape index (κ1) is 95.4. The van der Waals surface area contributed by atoms with Crippen LogP contribution in [0, 0.1) is 20.8 Å². The van der Waals surface area contributed by atoms with Crippen LogP contribution in [0.1, 0.15) is 254 Å². The van der Waals surface area contributed by atoms with E-state index in [1.165, 1.54) is 184 Å². The second-order valence-electron chi connectivity index (χ2n) is 51.8. The van der Waals surface area contributed by atoms with Gasteiger partial charge in [-0.3, -0.25) is 0 Å². The summed E-state index contributed by atoms with van der Waals surface area (Å²) in [7, 11) is 0. The molecule has 0 amide bonds. The zero-order valence-electron chi connectivity index (χ0n) is 90.9. The van der Waals surface area contributed by atoms with Crippen LogP contribution < -0.4 is 78.6 Å². The molecule has 0 fully saturated rings. The molecule has 22 rings (SSSR count). The average molecular weight is 1880 g/mol. The van der Waals surface area contributed by atoms with Gasteiger partial charge in [-0.15, -0.1) is 0 Å². The van der Waals surface area contributed by atoms with Gasteiger partial charge in [0.2, 0.25) is 0 Å². The van der Waals surface area contributed by atoms with Gasteiger partial charge in [0.1, 0.15) is 0 Å². The van der Waals surface area contributed by atoms with Gasteiger partial charge in [0.05, 0.1) is 0 Å². The summed E-state index contributed by atoms with van der Waals surface area (Å²) < 4.78 is 0. The van der Waals surface area contributed by atoms with Gasteiger partial charge in [-0.25, -0.2) is 0 Å². The van der Waals surface area contributed by atoms with Crippen LogP contribution in [0.25, 0.3) is 33.4 Å². The van der Waals surface area contributed by atoms with E-state index < -0.39 is 0 Å². The fourth-order valence-corrected chi connectivity index (χ4v) is 24.1. The van der Waals surface area contributed by atoms with E-state index in [4.69, 9.17) is 0 Å². The second kappa shape index (κ2) is 33.3. The Morgan fingerprint density at radius 2 is 0.333 bits per heavy atom. The van der Waals surface area contributed by atoms with Crippen molar-refractivity contribution in [3.8, 4) is 33.4 Å². The van der Waals surface area contributed by atoms with Gasteiger partial charge in [0.25, 0.3) is 20.1 Å². The molecule has 6 heterocycles. The van der Waals surface area contributed by atoms with Crippen molar-refractivity contribution in [3.63, 3.8) is 0 Å². The summed E-state index contributed by atoms with van der Waals surface area (Å²) in [5.74, 6) is 0. The summed E-state index contributed by atoms with van der Waals surface area (Å²) in [6.07, 6.45) is 0. The number of nitrogens with zero attached hydrogens (tertiary/aromatic N) is 6. The largest absolute Gasteiger partial charge is 0.311 e. The van der Waals surface area contributed by atoms with Crippen LogP contribution in [-0.4, -0.2) is 20.1 Å². The maximum Gasteiger partial charge on any atom is 0.252 e. The molecule has 0 radical (unpaired) electrons. The van der Waals surface area contributed by atoms with E-state index in [0.717, 1.165) is 67.5 Å². The van der Waals surface area contributed by atoms with E-state index in [-0.39, 0.29) is 68.9 Å². The van der Waals surface area contributed by atoms with E-state index in [1.807, 2.05) is 0 Å². The van der Waals surface area contributed by atoms with Crippen LogP contribution in [-0.2, 0) is 48.7 Å². The number of anilines is 18. The highest BCUT2D eigenvalue weighted by atomic mass is 15.2. The maximum absolute atomic E-state index is 2.70. The van der Waals surface area contributed by atoms with Gasteiger partial charge in [-0.1, -0.05) is 351 Å². The first-order chi connectivity index (χ1) is 67.8. The normalized spacial score (nSPS) is 14.3. The van der Waals surface area contributed by atoms with E-state index in [0.29, 0.717) is 0 Å². The van der Waals surface area contributed by atoms with Gasteiger partial charge >= 0.3 is 0 Å². The minimum Gasteiger partial charge on any atom is -0.311 e. The smallest absolute Gasteiger partial charge is 0.252 e. The van der Waals surface area contributed by atoms with Crippen molar-refractivity contribution in [2.24, 2.45) is 0 Å². The van der Waals surface area contributed by atoms with Crippen molar-refractivity contribution in [1.29, 1.82) is 0 Å². The minimum absolute atomic E-state index is 0.0335. The molecule has 9 heteroatoms. The molecule has 0 saturated heterocycles. The lowest BCUT2D eigenvalue weighted by Gasteiger charge is -2.46. The maximum atomic E-state index is 2.70. The number of aryl methyl sites for hydroxylation is 3. The zero-order chi connectivity index (χ0) is 102. The molecule has 0 bridgehead atoms. The molecule has 0 saturated carbocycles. The van der Waals surface area contributed by atoms with Gasteiger partial charge < -0.3 is 29.4 Å². The van der Waals surface area contributed by atoms with Crippen molar-refractivity contribution in [2.45, 2.75) is 256 Å². The van der Waals surface area contributed by atoms with Gasteiger partial charge in [-0.05, 0) is 348 Å². The summed E-state index contributed by atoms with van der Waals surface area (Å²) >= 11 is 0. The Bertz CT molecular complexity index is 7140. The molecule has 720 valence electrons. The molecule has 16 aromatic carbocycles. The third kappa shape index (κ3) is 16.0. The molecule has 16 aromatic rings. The van der Waals surface area contributed by atoms with Crippen molar-refractivity contribution < 1.29 is 0 Å². The molecular weight excluding hydrogens is 1740 g/mol. The molecule has 0 aliphatic carbocycles. The number of hydrogen-bond donors (Lipinski definition) is 0. The average Bonchev–Trinajstić information content (AvgIpc) is 0.697. The Balaban J connectivity index is 0.873. The lowest BCUT2D eigenvalue weighted by atomic mass is 9.33. The van der Waals surface area contributed by atoms with E-state index in [1.54, 1.807) is 0 Å². The van der Waals surface area contributed by atoms with Crippen molar-refractivity contribution in [1.82, 2.24) is 0 Å². The van der Waals surface area contributed by atoms with Crippen LogP contribution >= 0.6 is 0 Å². The first-order valence-electron chi connectivity index (χ1n) is 52.7. The van der Waals surface area contributed by atoms with Crippen molar-refractivity contribution >= 4 is 172 Å². The van der Waals surface area contributed by atoms with Gasteiger partial charge in [0.15, 0.2) is 0 Å². The second-order valence-corrected chi connectivity index (χ2v) is 51.8. The van der Waals surface area contributed by atoms with Crippen molar-refractivity contribution in [2.75, 3.05) is 29.4 Å². The predicted octanol–water partition coefficient (Wildman–Crippen LogP) is 31.5. The topological polar surface area (TPSA) is 19.4 Å². The third-order valence-corrected chi connectivity index (χ3v) is 32.1. The monoisotopic (exact) mass is 1880 g/mol. The lowest BCUT2D eigenvalue weighted by Crippen LogP contribution is -2.61. The van der Waals surface area contributed by atoms with Crippen LogP contribution in [0.2, 0.25) is 0 Å². The highest BCUT2D eigenvalue weighted by Crippen LogP contribution is 2.56. The number of rotatable bonds is 9.